The third kappa shape index (κ3) is 2.89. The monoisotopic (exact) mass is 321 g/mol. The molecule has 0 saturated carbocycles. The largest absolute Gasteiger partial charge is 0.394 e. The molecule has 4 heteroatoms. The van der Waals surface area contributed by atoms with Gasteiger partial charge in [-0.3, -0.25) is 4.90 Å². The fourth-order valence-corrected chi connectivity index (χ4v) is 8.17. The van der Waals surface area contributed by atoms with Crippen LogP contribution >= 0.6 is 0 Å². The van der Waals surface area contributed by atoms with Gasteiger partial charge in [-0.15, -0.1) is 0 Å². The first-order valence-corrected chi connectivity index (χ1v) is 9.99. The molecule has 22 heavy (non-hydrogen) atoms. The molecule has 124 valence electrons. The molecular formula is C18H31NO2Si. The van der Waals surface area contributed by atoms with Gasteiger partial charge in [-0.25, -0.2) is 0 Å². The fourth-order valence-electron chi connectivity index (χ4n) is 4.20. The zero-order valence-corrected chi connectivity index (χ0v) is 16.1. The summed E-state index contributed by atoms with van der Waals surface area (Å²) in [5, 5.41) is 1.24. The second-order valence-corrected chi connectivity index (χ2v) is 11.3. The van der Waals surface area contributed by atoms with Crippen molar-refractivity contribution in [2.45, 2.75) is 57.2 Å². The highest BCUT2D eigenvalue weighted by Crippen LogP contribution is 2.47. The molecule has 1 aliphatic rings. The van der Waals surface area contributed by atoms with Gasteiger partial charge in [-0.05, 0) is 52.8 Å². The van der Waals surface area contributed by atoms with Gasteiger partial charge in [0.1, 0.15) is 0 Å². The summed E-state index contributed by atoms with van der Waals surface area (Å²) in [6.45, 7) is 9.32. The third-order valence-electron chi connectivity index (χ3n) is 5.63. The minimum Gasteiger partial charge on any atom is -0.394 e. The van der Waals surface area contributed by atoms with E-state index in [0.29, 0.717) is 5.54 Å². The first kappa shape index (κ1) is 17.7. The Labute approximate surface area is 136 Å². The Morgan fingerprint density at radius 2 is 1.41 bits per heavy atom. The lowest BCUT2D eigenvalue weighted by Gasteiger charge is -2.56. The predicted molar refractivity (Wildman–Crippen MR) is 94.8 cm³/mol. The minimum absolute atomic E-state index is 0.135. The fraction of sp³-hybridized carbons (Fsp3) is 0.667. The van der Waals surface area contributed by atoms with Gasteiger partial charge < -0.3 is 8.85 Å². The molecule has 0 amide bonds. The maximum absolute atomic E-state index is 6.13. The van der Waals surface area contributed by atoms with E-state index < -0.39 is 8.56 Å². The van der Waals surface area contributed by atoms with Crippen molar-refractivity contribution in [3.8, 4) is 0 Å². The van der Waals surface area contributed by atoms with E-state index in [1.54, 1.807) is 0 Å². The number of likely N-dealkylation sites (tertiary alicyclic amines) is 1. The molecule has 0 unspecified atom stereocenters. The highest BCUT2D eigenvalue weighted by atomic mass is 28.4. The van der Waals surface area contributed by atoms with E-state index >= 15 is 0 Å². The summed E-state index contributed by atoms with van der Waals surface area (Å²) in [5.41, 5.74) is 0.707. The number of benzene rings is 1. The molecule has 0 radical (unpaired) electrons. The van der Waals surface area contributed by atoms with Gasteiger partial charge in [-0.2, -0.15) is 0 Å². The third-order valence-corrected chi connectivity index (χ3v) is 9.46. The number of hydrogen-bond donors (Lipinski definition) is 0. The second-order valence-electron chi connectivity index (χ2n) is 7.73. The highest BCUT2D eigenvalue weighted by molar-refractivity contribution is 6.82. The molecule has 1 aliphatic heterocycles. The van der Waals surface area contributed by atoms with E-state index in [4.69, 9.17) is 8.85 Å². The molecular weight excluding hydrogens is 290 g/mol. The summed E-state index contributed by atoms with van der Waals surface area (Å²) in [7, 11) is 3.43. The van der Waals surface area contributed by atoms with Gasteiger partial charge in [-0.1, -0.05) is 30.3 Å². The molecule has 1 aromatic carbocycles. The maximum Gasteiger partial charge on any atom is 0.375 e. The average Bonchev–Trinajstić information content (AvgIpc) is 2.47. The first-order chi connectivity index (χ1) is 10.2. The molecule has 0 atom stereocenters. The lowest BCUT2D eigenvalue weighted by atomic mass is 9.80. The van der Waals surface area contributed by atoms with Crippen LogP contribution in [0.4, 0.5) is 0 Å². The Balaban J connectivity index is 2.46. The predicted octanol–water partition coefficient (Wildman–Crippen LogP) is 3.28. The smallest absolute Gasteiger partial charge is 0.375 e. The SMILES string of the molecule is CO[Si](OC)(c1ccccc1)C1CC(C)(C)N(C)C(C)(C)C1. The van der Waals surface area contributed by atoms with Crippen molar-refractivity contribution in [1.82, 2.24) is 4.90 Å². The minimum atomic E-state index is -2.45. The van der Waals surface area contributed by atoms with E-state index in [0.717, 1.165) is 12.8 Å². The van der Waals surface area contributed by atoms with Crippen LogP contribution in [0.1, 0.15) is 40.5 Å². The molecule has 0 spiro atoms. The number of piperidine rings is 1. The Morgan fingerprint density at radius 3 is 1.82 bits per heavy atom. The van der Waals surface area contributed by atoms with Crippen LogP contribution in [-0.4, -0.2) is 45.8 Å². The first-order valence-electron chi connectivity index (χ1n) is 8.09. The average molecular weight is 322 g/mol. The Morgan fingerprint density at radius 1 is 0.955 bits per heavy atom. The van der Waals surface area contributed by atoms with Crippen LogP contribution in [0.5, 0.6) is 0 Å². The van der Waals surface area contributed by atoms with Crippen molar-refractivity contribution >= 4 is 13.7 Å². The molecule has 0 bridgehead atoms. The molecule has 0 aliphatic carbocycles. The van der Waals surface area contributed by atoms with Crippen molar-refractivity contribution in [3.63, 3.8) is 0 Å². The van der Waals surface area contributed by atoms with Crippen LogP contribution in [0.25, 0.3) is 0 Å². The van der Waals surface area contributed by atoms with Gasteiger partial charge in [0.2, 0.25) is 0 Å². The van der Waals surface area contributed by atoms with Gasteiger partial charge in [0.25, 0.3) is 0 Å². The van der Waals surface area contributed by atoms with E-state index in [2.05, 4.69) is 70.0 Å². The quantitative estimate of drug-likeness (QED) is 0.794. The van der Waals surface area contributed by atoms with Crippen LogP contribution < -0.4 is 5.19 Å². The van der Waals surface area contributed by atoms with Crippen LogP contribution in [-0.2, 0) is 8.85 Å². The molecule has 1 heterocycles. The topological polar surface area (TPSA) is 21.7 Å². The Hall–Kier alpha value is -0.683. The molecule has 2 rings (SSSR count). The molecule has 1 aromatic rings. The van der Waals surface area contributed by atoms with Crippen molar-refractivity contribution in [2.24, 2.45) is 0 Å². The highest BCUT2D eigenvalue weighted by Gasteiger charge is 2.54. The number of nitrogens with zero attached hydrogens (tertiary/aromatic N) is 1. The maximum atomic E-state index is 6.13. The molecule has 1 fully saturated rings. The van der Waals surface area contributed by atoms with E-state index in [1.165, 1.54) is 5.19 Å². The van der Waals surface area contributed by atoms with Crippen molar-refractivity contribution in [1.29, 1.82) is 0 Å². The van der Waals surface area contributed by atoms with Gasteiger partial charge in [0.05, 0.1) is 0 Å². The Bertz CT molecular complexity index is 479. The summed E-state index contributed by atoms with van der Waals surface area (Å²) in [4.78, 5) is 2.51. The van der Waals surface area contributed by atoms with Crippen LogP contribution in [0.15, 0.2) is 30.3 Å². The zero-order chi connectivity index (χ0) is 16.6. The van der Waals surface area contributed by atoms with Crippen LogP contribution in [0, 0.1) is 0 Å². The molecule has 1 saturated heterocycles. The van der Waals surface area contributed by atoms with Crippen LogP contribution in [0.2, 0.25) is 5.54 Å². The van der Waals surface area contributed by atoms with Gasteiger partial charge in [0.15, 0.2) is 0 Å². The Kier molecular flexibility index (Phi) is 4.88. The summed E-state index contributed by atoms with van der Waals surface area (Å²) in [6, 6.07) is 10.5. The number of hydrogen-bond acceptors (Lipinski definition) is 3. The summed E-state index contributed by atoms with van der Waals surface area (Å²) < 4.78 is 12.3. The molecule has 0 N–H and O–H groups in total. The van der Waals surface area contributed by atoms with Crippen molar-refractivity contribution < 1.29 is 8.85 Å². The zero-order valence-electron chi connectivity index (χ0n) is 15.1. The summed E-state index contributed by atoms with van der Waals surface area (Å²) in [6.07, 6.45) is 2.19. The van der Waals surface area contributed by atoms with E-state index in [1.807, 2.05) is 14.2 Å². The van der Waals surface area contributed by atoms with Crippen molar-refractivity contribution in [2.75, 3.05) is 21.3 Å². The molecule has 0 aromatic heterocycles. The van der Waals surface area contributed by atoms with Gasteiger partial charge >= 0.3 is 8.56 Å². The summed E-state index contributed by atoms with van der Waals surface area (Å²) >= 11 is 0. The van der Waals surface area contributed by atoms with Gasteiger partial charge in [0, 0.05) is 30.8 Å². The normalized spacial score (nSPS) is 22.7. The summed E-state index contributed by atoms with van der Waals surface area (Å²) in [5.74, 6) is 0. The second kappa shape index (κ2) is 6.08. The lowest BCUT2D eigenvalue weighted by molar-refractivity contribution is -0.00937. The van der Waals surface area contributed by atoms with E-state index in [-0.39, 0.29) is 11.1 Å². The van der Waals surface area contributed by atoms with Crippen LogP contribution in [0.3, 0.4) is 0 Å². The van der Waals surface area contributed by atoms with Crippen molar-refractivity contribution in [3.05, 3.63) is 30.3 Å². The standard InChI is InChI=1S/C18H31NO2Si/c1-17(2)13-16(14-18(3,4)19(17)5)22(20-6,21-7)15-11-9-8-10-12-15/h8-12,16H,13-14H2,1-7H3. The molecule has 3 nitrogen and oxygen atoms in total. The number of rotatable bonds is 4. The lowest BCUT2D eigenvalue weighted by Crippen LogP contribution is -2.65. The van der Waals surface area contributed by atoms with E-state index in [9.17, 15) is 0 Å².